The number of hydrogen-bond donors (Lipinski definition) is 3. The Kier molecular flexibility index (Phi) is 6.78. The van der Waals surface area contributed by atoms with Gasteiger partial charge < -0.3 is 10.6 Å². The van der Waals surface area contributed by atoms with Gasteiger partial charge in [-0.15, -0.1) is 0 Å². The van der Waals surface area contributed by atoms with Crippen molar-refractivity contribution in [3.05, 3.63) is 59.7 Å². The van der Waals surface area contributed by atoms with E-state index >= 15 is 0 Å². The summed E-state index contributed by atoms with van der Waals surface area (Å²) in [5.74, 6) is -3.06. The molecule has 7 nitrogen and oxygen atoms in total. The smallest absolute Gasteiger partial charge is 0.243 e. The van der Waals surface area contributed by atoms with Gasteiger partial charge in [0.25, 0.3) is 0 Å². The number of carbonyl (C=O) groups excluding carboxylic acids is 2. The first-order chi connectivity index (χ1) is 14.2. The van der Waals surface area contributed by atoms with Gasteiger partial charge in [-0.2, -0.15) is 0 Å². The summed E-state index contributed by atoms with van der Waals surface area (Å²) >= 11 is 0. The maximum Gasteiger partial charge on any atom is 0.243 e. The number of amides is 2. The summed E-state index contributed by atoms with van der Waals surface area (Å²) in [6, 6.07) is 9.25. The highest BCUT2D eigenvalue weighted by Crippen LogP contribution is 2.22. The molecule has 10 heteroatoms. The molecule has 0 spiro atoms. The molecule has 3 N–H and O–H groups in total. The average molecular weight is 437 g/mol. The largest absolute Gasteiger partial charge is 0.347 e. The van der Waals surface area contributed by atoms with E-state index in [-0.39, 0.29) is 35.5 Å². The van der Waals surface area contributed by atoms with Crippen LogP contribution < -0.4 is 15.4 Å². The minimum absolute atomic E-state index is 0.0256. The summed E-state index contributed by atoms with van der Waals surface area (Å²) in [4.78, 5) is 23.9. The van der Waals surface area contributed by atoms with Gasteiger partial charge in [0.05, 0.1) is 11.4 Å². The second-order valence-electron chi connectivity index (χ2n) is 6.99. The number of sulfonamides is 1. The van der Waals surface area contributed by atoms with E-state index in [0.29, 0.717) is 6.42 Å². The molecule has 0 bridgehead atoms. The Bertz CT molecular complexity index is 1040. The van der Waals surface area contributed by atoms with Crippen molar-refractivity contribution in [3.8, 4) is 0 Å². The first kappa shape index (κ1) is 21.8. The number of anilines is 1. The maximum atomic E-state index is 13.1. The van der Waals surface area contributed by atoms with E-state index in [4.69, 9.17) is 0 Å². The van der Waals surface area contributed by atoms with Crippen molar-refractivity contribution in [2.45, 2.75) is 36.6 Å². The number of benzene rings is 2. The minimum Gasteiger partial charge on any atom is -0.347 e. The van der Waals surface area contributed by atoms with Crippen LogP contribution in [0.4, 0.5) is 14.5 Å². The molecule has 1 saturated carbocycles. The van der Waals surface area contributed by atoms with Crippen molar-refractivity contribution >= 4 is 27.5 Å². The van der Waals surface area contributed by atoms with E-state index in [1.165, 1.54) is 18.2 Å². The second-order valence-corrected chi connectivity index (χ2v) is 8.71. The number of rotatable bonds is 9. The van der Waals surface area contributed by atoms with E-state index in [1.807, 2.05) is 0 Å². The lowest BCUT2D eigenvalue weighted by Crippen LogP contribution is -2.33. The van der Waals surface area contributed by atoms with Crippen LogP contribution in [0.25, 0.3) is 0 Å². The van der Waals surface area contributed by atoms with Crippen LogP contribution >= 0.6 is 0 Å². The van der Waals surface area contributed by atoms with Crippen LogP contribution in [0.15, 0.2) is 47.4 Å². The van der Waals surface area contributed by atoms with Crippen LogP contribution in [0.3, 0.4) is 0 Å². The number of aryl methyl sites for hydroxylation is 1. The van der Waals surface area contributed by atoms with Gasteiger partial charge in [0, 0.05) is 24.2 Å². The van der Waals surface area contributed by atoms with E-state index in [2.05, 4.69) is 15.4 Å². The van der Waals surface area contributed by atoms with Crippen LogP contribution in [0.2, 0.25) is 0 Å². The number of halogens is 2. The Morgan fingerprint density at radius 1 is 0.967 bits per heavy atom. The Balaban J connectivity index is 1.41. The van der Waals surface area contributed by atoms with Gasteiger partial charge in [-0.3, -0.25) is 9.59 Å². The topological polar surface area (TPSA) is 104 Å². The van der Waals surface area contributed by atoms with Crippen LogP contribution in [0, 0.1) is 11.6 Å². The van der Waals surface area contributed by atoms with Gasteiger partial charge in [-0.05, 0) is 49.1 Å². The molecule has 0 saturated heterocycles. The highest BCUT2D eigenvalue weighted by atomic mass is 32.2. The fourth-order valence-electron chi connectivity index (χ4n) is 2.63. The van der Waals surface area contributed by atoms with Crippen molar-refractivity contribution < 1.29 is 26.8 Å². The van der Waals surface area contributed by atoms with Crippen molar-refractivity contribution in [2.75, 3.05) is 11.9 Å². The van der Waals surface area contributed by atoms with Gasteiger partial charge >= 0.3 is 0 Å². The van der Waals surface area contributed by atoms with E-state index in [1.54, 1.807) is 12.1 Å². The fourth-order valence-corrected chi connectivity index (χ4v) is 3.93. The summed E-state index contributed by atoms with van der Waals surface area (Å²) in [6.07, 6.45) is 2.17. The minimum atomic E-state index is -3.51. The van der Waals surface area contributed by atoms with Crippen LogP contribution in [-0.4, -0.2) is 32.8 Å². The normalized spacial score (nSPS) is 13.7. The number of nitrogens with one attached hydrogen (secondary N) is 3. The van der Waals surface area contributed by atoms with Crippen molar-refractivity contribution in [1.82, 2.24) is 10.0 Å². The summed E-state index contributed by atoms with van der Waals surface area (Å²) in [6.45, 7) is -0.318. The second kappa shape index (κ2) is 9.31. The molecule has 1 aliphatic rings. The molecule has 3 rings (SSSR count). The third kappa shape index (κ3) is 6.33. The van der Waals surface area contributed by atoms with Crippen molar-refractivity contribution in [2.24, 2.45) is 0 Å². The first-order valence-electron chi connectivity index (χ1n) is 9.36. The van der Waals surface area contributed by atoms with E-state index in [9.17, 15) is 26.8 Å². The molecule has 1 fully saturated rings. The molecular formula is C20H21F2N3O4S. The van der Waals surface area contributed by atoms with Crippen LogP contribution in [0.5, 0.6) is 0 Å². The molecular weight excluding hydrogens is 416 g/mol. The van der Waals surface area contributed by atoms with Crippen LogP contribution in [-0.2, 0) is 26.0 Å². The molecule has 2 aromatic carbocycles. The zero-order valence-electron chi connectivity index (χ0n) is 16.0. The molecule has 0 radical (unpaired) electrons. The SMILES string of the molecule is O=C(CCc1ccc(S(=O)(=O)NC2CC2)cc1)NCC(=O)Nc1ccc(F)c(F)c1. The average Bonchev–Trinajstić information content (AvgIpc) is 3.51. The quantitative estimate of drug-likeness (QED) is 0.559. The fraction of sp³-hybridized carbons (Fsp3) is 0.300. The molecule has 2 aromatic rings. The lowest BCUT2D eigenvalue weighted by Gasteiger charge is -2.08. The number of hydrogen-bond acceptors (Lipinski definition) is 4. The van der Waals surface area contributed by atoms with Gasteiger partial charge in [-0.25, -0.2) is 21.9 Å². The van der Waals surface area contributed by atoms with Gasteiger partial charge in [0.15, 0.2) is 11.6 Å². The zero-order valence-corrected chi connectivity index (χ0v) is 16.8. The highest BCUT2D eigenvalue weighted by Gasteiger charge is 2.27. The van der Waals surface area contributed by atoms with Crippen molar-refractivity contribution in [1.29, 1.82) is 0 Å². The predicted molar refractivity (Wildman–Crippen MR) is 106 cm³/mol. The Morgan fingerprint density at radius 2 is 1.67 bits per heavy atom. The molecule has 0 aromatic heterocycles. The predicted octanol–water partition coefficient (Wildman–Crippen LogP) is 2.09. The van der Waals surface area contributed by atoms with Gasteiger partial charge in [0.1, 0.15) is 0 Å². The Morgan fingerprint density at radius 3 is 2.30 bits per heavy atom. The molecule has 0 heterocycles. The molecule has 1 aliphatic carbocycles. The molecule has 2 amide bonds. The summed E-state index contributed by atoms with van der Waals surface area (Å²) in [7, 11) is -3.51. The molecule has 0 aliphatic heterocycles. The van der Waals surface area contributed by atoms with E-state index < -0.39 is 27.6 Å². The summed E-state index contributed by atoms with van der Waals surface area (Å²) in [5, 5.41) is 4.79. The molecule has 0 atom stereocenters. The molecule has 0 unspecified atom stereocenters. The first-order valence-corrected chi connectivity index (χ1v) is 10.8. The Labute approximate surface area is 172 Å². The van der Waals surface area contributed by atoms with Crippen LogP contribution in [0.1, 0.15) is 24.8 Å². The summed E-state index contributed by atoms with van der Waals surface area (Å²) in [5.41, 5.74) is 0.862. The third-order valence-corrected chi connectivity index (χ3v) is 5.96. The van der Waals surface area contributed by atoms with Gasteiger partial charge in [-0.1, -0.05) is 12.1 Å². The monoisotopic (exact) mass is 437 g/mol. The standard InChI is InChI=1S/C20H21F2N3O4S/c21-17-9-6-15(11-18(17)22)24-20(27)12-23-19(26)10-3-13-1-7-16(8-2-13)30(28,29)25-14-4-5-14/h1-2,6-9,11,14,25H,3-5,10,12H2,(H,23,26)(H,24,27). The number of carbonyl (C=O) groups is 2. The lowest BCUT2D eigenvalue weighted by atomic mass is 10.1. The van der Waals surface area contributed by atoms with Gasteiger partial charge in [0.2, 0.25) is 21.8 Å². The summed E-state index contributed by atoms with van der Waals surface area (Å²) < 4.78 is 52.8. The third-order valence-electron chi connectivity index (χ3n) is 4.42. The zero-order chi connectivity index (χ0) is 21.7. The molecule has 160 valence electrons. The molecule has 30 heavy (non-hydrogen) atoms. The van der Waals surface area contributed by atoms with E-state index in [0.717, 1.165) is 30.5 Å². The van der Waals surface area contributed by atoms with Crippen molar-refractivity contribution in [3.63, 3.8) is 0 Å². The highest BCUT2D eigenvalue weighted by molar-refractivity contribution is 7.89. The Hall–Kier alpha value is -2.85. The maximum absolute atomic E-state index is 13.1. The lowest BCUT2D eigenvalue weighted by molar-refractivity contribution is -0.124.